The van der Waals surface area contributed by atoms with E-state index in [1.165, 1.54) is 10.5 Å². The van der Waals surface area contributed by atoms with Gasteiger partial charge in [-0.15, -0.1) is 0 Å². The highest BCUT2D eigenvalue weighted by Crippen LogP contribution is 2.29. The molecule has 1 aliphatic rings. The second-order valence-electron chi connectivity index (χ2n) is 8.52. The molecule has 0 saturated carbocycles. The van der Waals surface area contributed by atoms with Crippen LogP contribution < -0.4 is 5.32 Å². The Labute approximate surface area is 202 Å². The molecular weight excluding hydrogens is 408 g/mol. The molecule has 3 heterocycles. The summed E-state index contributed by atoms with van der Waals surface area (Å²) in [6.45, 7) is -0.106. The van der Waals surface area contributed by atoms with Crippen molar-refractivity contribution >= 4 is 16.9 Å². The fraction of sp³-hybridized carbons (Fsp3) is 0.333. The maximum Gasteiger partial charge on any atom is 0.143 e. The Balaban J connectivity index is 1.24. The molecule has 6 nitrogen and oxygen atoms in total. The molecule has 1 saturated heterocycles. The van der Waals surface area contributed by atoms with Crippen LogP contribution in [-0.2, 0) is 6.54 Å². The van der Waals surface area contributed by atoms with Crippen LogP contribution in [0.25, 0.3) is 22.3 Å². The highest BCUT2D eigenvalue weighted by Gasteiger charge is 2.16. The van der Waals surface area contributed by atoms with Crippen molar-refractivity contribution in [2.45, 2.75) is 26.4 Å². The largest absolute Gasteiger partial charge is 0.363 e. The number of rotatable bonds is 7. The van der Waals surface area contributed by atoms with Crippen molar-refractivity contribution in [2.75, 3.05) is 38.0 Å². The minimum Gasteiger partial charge on any atom is -0.363 e. The summed E-state index contributed by atoms with van der Waals surface area (Å²) in [5.41, 5.74) is 5.11. The van der Waals surface area contributed by atoms with Gasteiger partial charge in [0.15, 0.2) is 0 Å². The van der Waals surface area contributed by atoms with Gasteiger partial charge in [0.05, 0.1) is 5.39 Å². The van der Waals surface area contributed by atoms with Crippen molar-refractivity contribution in [3.8, 4) is 11.3 Å². The van der Waals surface area contributed by atoms with Crippen LogP contribution in [0.2, 0.25) is 0 Å². The van der Waals surface area contributed by atoms with Gasteiger partial charge < -0.3 is 15.2 Å². The number of H-pyrrole nitrogens is 1. The molecule has 0 spiro atoms. The van der Waals surface area contributed by atoms with Crippen LogP contribution in [0, 0.1) is 0 Å². The number of nitrogens with zero attached hydrogens (tertiary/aromatic N) is 4. The van der Waals surface area contributed by atoms with Crippen molar-refractivity contribution in [1.82, 2.24) is 24.8 Å². The molecule has 4 aromatic rings. The van der Waals surface area contributed by atoms with E-state index in [1.807, 2.05) is 18.2 Å². The van der Waals surface area contributed by atoms with E-state index >= 15 is 0 Å². The highest BCUT2D eigenvalue weighted by molar-refractivity contribution is 5.91. The van der Waals surface area contributed by atoms with E-state index in [1.54, 1.807) is 6.33 Å². The Kier molecular flexibility index (Phi) is 4.84. The van der Waals surface area contributed by atoms with Gasteiger partial charge in [-0.2, -0.15) is 0 Å². The molecule has 170 valence electrons. The third kappa shape index (κ3) is 4.92. The molecule has 1 atom stereocenters. The highest BCUT2D eigenvalue weighted by atomic mass is 15.3. The van der Waals surface area contributed by atoms with Crippen molar-refractivity contribution < 1.29 is 6.85 Å². The number of aromatic amines is 1. The lowest BCUT2D eigenvalue weighted by Crippen LogP contribution is -2.45. The average molecular weight is 446 g/mol. The fourth-order valence-electron chi connectivity index (χ4n) is 4.31. The predicted molar refractivity (Wildman–Crippen MR) is 135 cm³/mol. The van der Waals surface area contributed by atoms with Crippen LogP contribution in [0.1, 0.15) is 37.8 Å². The Bertz CT molecular complexity index is 1360. The summed E-state index contributed by atoms with van der Waals surface area (Å²) in [5, 5.41) is 4.44. The number of fused-ring (bicyclic) bond motifs is 1. The normalized spacial score (nSPS) is 19.2. The third-order valence-corrected chi connectivity index (χ3v) is 6.28. The van der Waals surface area contributed by atoms with E-state index in [0.29, 0.717) is 26.2 Å². The zero-order valence-electron chi connectivity index (χ0n) is 23.8. The molecule has 2 aromatic carbocycles. The quantitative estimate of drug-likeness (QED) is 0.422. The summed E-state index contributed by atoms with van der Waals surface area (Å²) in [7, 11) is 0. The molecule has 0 aliphatic carbocycles. The number of aromatic nitrogens is 3. The topological polar surface area (TPSA) is 60.1 Å². The van der Waals surface area contributed by atoms with E-state index in [2.05, 4.69) is 74.6 Å². The van der Waals surface area contributed by atoms with Crippen LogP contribution in [0.4, 0.5) is 5.82 Å². The number of hydrogen-bond donors (Lipinski definition) is 2. The van der Waals surface area contributed by atoms with Crippen molar-refractivity contribution in [1.29, 1.82) is 0 Å². The molecule has 0 amide bonds. The van der Waals surface area contributed by atoms with Crippen LogP contribution in [0.3, 0.4) is 0 Å². The van der Waals surface area contributed by atoms with E-state index in [0.717, 1.165) is 40.2 Å². The Morgan fingerprint density at radius 1 is 1.03 bits per heavy atom. The lowest BCUT2D eigenvalue weighted by molar-refractivity contribution is 0.132. The molecule has 0 bridgehead atoms. The fourth-order valence-corrected chi connectivity index (χ4v) is 4.31. The SMILES string of the molecule is [2H]C([2H])([2H])C([2H])([2H])N1CCN(Cc2ccc(-c3cc4c(N[C@@H](C)c5ccccc5)ncnc4[nH]3)cc2)CC1. The number of benzene rings is 2. The van der Waals surface area contributed by atoms with Gasteiger partial charge in [-0.1, -0.05) is 61.4 Å². The van der Waals surface area contributed by atoms with Crippen LogP contribution in [0.5, 0.6) is 0 Å². The van der Waals surface area contributed by atoms with E-state index in [4.69, 9.17) is 6.85 Å². The molecule has 0 unspecified atom stereocenters. The van der Waals surface area contributed by atoms with Gasteiger partial charge in [0.2, 0.25) is 0 Å². The third-order valence-electron chi connectivity index (χ3n) is 6.28. The lowest BCUT2D eigenvalue weighted by Gasteiger charge is -2.34. The monoisotopic (exact) mass is 445 g/mol. The zero-order valence-corrected chi connectivity index (χ0v) is 18.8. The van der Waals surface area contributed by atoms with E-state index in [-0.39, 0.29) is 6.04 Å². The van der Waals surface area contributed by atoms with Gasteiger partial charge in [0.1, 0.15) is 17.8 Å². The number of hydrogen-bond acceptors (Lipinski definition) is 5. The van der Waals surface area contributed by atoms with Crippen molar-refractivity contribution in [3.63, 3.8) is 0 Å². The lowest BCUT2D eigenvalue weighted by atomic mass is 10.1. The first-order valence-corrected chi connectivity index (χ1v) is 11.3. The van der Waals surface area contributed by atoms with Crippen LogP contribution in [0.15, 0.2) is 67.0 Å². The summed E-state index contributed by atoms with van der Waals surface area (Å²) in [6, 6.07) is 20.8. The van der Waals surface area contributed by atoms with E-state index < -0.39 is 13.3 Å². The molecular formula is C27H32N6. The Hall–Kier alpha value is -3.22. The summed E-state index contributed by atoms with van der Waals surface area (Å²) < 4.78 is 38.5. The molecule has 6 heteroatoms. The molecule has 1 aliphatic heterocycles. The number of likely N-dealkylation sites (N-methyl/N-ethyl adjacent to an activating group) is 1. The van der Waals surface area contributed by atoms with Gasteiger partial charge in [-0.25, -0.2) is 9.97 Å². The summed E-state index contributed by atoms with van der Waals surface area (Å²) in [5.74, 6) is 0.785. The van der Waals surface area contributed by atoms with Gasteiger partial charge >= 0.3 is 0 Å². The minimum absolute atomic E-state index is 0.0981. The predicted octanol–water partition coefficient (Wildman–Crippen LogP) is 4.94. The first-order chi connectivity index (χ1) is 18.1. The first-order valence-electron chi connectivity index (χ1n) is 13.8. The number of nitrogens with one attached hydrogen (secondary N) is 2. The van der Waals surface area contributed by atoms with Crippen LogP contribution >= 0.6 is 0 Å². The van der Waals surface area contributed by atoms with E-state index in [9.17, 15) is 0 Å². The van der Waals surface area contributed by atoms with Gasteiger partial charge in [0, 0.05) is 51.3 Å². The molecule has 0 radical (unpaired) electrons. The maximum absolute atomic E-state index is 7.99. The molecule has 33 heavy (non-hydrogen) atoms. The Morgan fingerprint density at radius 2 is 1.79 bits per heavy atom. The van der Waals surface area contributed by atoms with Gasteiger partial charge in [-0.05, 0) is 36.2 Å². The Morgan fingerprint density at radius 3 is 2.55 bits per heavy atom. The second kappa shape index (κ2) is 9.73. The molecule has 2 N–H and O–H groups in total. The molecule has 2 aromatic heterocycles. The molecule has 1 fully saturated rings. The molecule has 5 rings (SSSR count). The van der Waals surface area contributed by atoms with Gasteiger partial charge in [-0.3, -0.25) is 4.90 Å². The standard InChI is InChI=1S/C27H32N6/c1-3-32-13-15-33(16-14-32)18-21-9-11-23(12-10-21)25-17-24-26(28-19-29-27(24)31-25)30-20(2)22-7-5-4-6-8-22/h4-12,17,19-20H,3,13-16,18H2,1-2H3,(H2,28,29,30,31)/t20-/m0/s1/i1D3,3D2. The maximum atomic E-state index is 7.99. The summed E-state index contributed by atoms with van der Waals surface area (Å²) in [6.07, 6.45) is 1.56. The second-order valence-corrected chi connectivity index (χ2v) is 8.52. The number of piperazine rings is 1. The van der Waals surface area contributed by atoms with Crippen molar-refractivity contribution in [3.05, 3.63) is 78.1 Å². The minimum atomic E-state index is -2.66. The van der Waals surface area contributed by atoms with Gasteiger partial charge in [0.25, 0.3) is 0 Å². The van der Waals surface area contributed by atoms with Crippen molar-refractivity contribution in [2.24, 2.45) is 0 Å². The summed E-state index contributed by atoms with van der Waals surface area (Å²) in [4.78, 5) is 16.0. The van der Waals surface area contributed by atoms with Crippen LogP contribution in [-0.4, -0.2) is 57.4 Å². The zero-order chi connectivity index (χ0) is 26.9. The smallest absolute Gasteiger partial charge is 0.143 e. The average Bonchev–Trinajstić information content (AvgIpc) is 3.35. The number of anilines is 1. The first kappa shape index (κ1) is 16.4. The summed E-state index contributed by atoms with van der Waals surface area (Å²) >= 11 is 0.